The largest absolute Gasteiger partial charge is 0.481 e. The first-order valence-corrected chi connectivity index (χ1v) is 7.71. The predicted molar refractivity (Wildman–Crippen MR) is 83.8 cm³/mol. The molecule has 0 aromatic heterocycles. The summed E-state index contributed by atoms with van der Waals surface area (Å²) in [6, 6.07) is 9.99. The van der Waals surface area contributed by atoms with E-state index in [-0.39, 0.29) is 16.9 Å². The number of halogens is 3. The van der Waals surface area contributed by atoms with E-state index in [2.05, 4.69) is 5.32 Å². The van der Waals surface area contributed by atoms with Crippen molar-refractivity contribution in [2.75, 3.05) is 19.7 Å². The number of morpholine rings is 1. The summed E-state index contributed by atoms with van der Waals surface area (Å²) in [6.45, 7) is 1.92. The molecule has 1 saturated heterocycles. The molecule has 1 fully saturated rings. The molecular weight excluding hydrogens is 324 g/mol. The van der Waals surface area contributed by atoms with Gasteiger partial charge in [0.05, 0.1) is 11.6 Å². The van der Waals surface area contributed by atoms with Crippen molar-refractivity contribution in [1.82, 2.24) is 5.32 Å². The minimum Gasteiger partial charge on any atom is -0.481 e. The molecule has 1 aliphatic heterocycles. The number of nitrogens with one attached hydrogen (secondary N) is 1. The molecule has 122 valence electrons. The van der Waals surface area contributed by atoms with Crippen LogP contribution in [0.2, 0.25) is 5.02 Å². The first-order valence-electron chi connectivity index (χ1n) is 7.33. The van der Waals surface area contributed by atoms with E-state index in [9.17, 15) is 8.78 Å². The quantitative estimate of drug-likeness (QED) is 0.920. The van der Waals surface area contributed by atoms with Gasteiger partial charge in [0, 0.05) is 13.1 Å². The van der Waals surface area contributed by atoms with Gasteiger partial charge in [0.1, 0.15) is 23.5 Å². The van der Waals surface area contributed by atoms with Crippen LogP contribution in [0.5, 0.6) is 5.75 Å². The zero-order chi connectivity index (χ0) is 16.2. The molecule has 0 unspecified atom stereocenters. The van der Waals surface area contributed by atoms with E-state index in [1.54, 1.807) is 12.1 Å². The molecular formula is C17H16ClF2NO2. The van der Waals surface area contributed by atoms with E-state index in [0.29, 0.717) is 18.9 Å². The van der Waals surface area contributed by atoms with Crippen LogP contribution in [-0.4, -0.2) is 25.8 Å². The molecule has 1 heterocycles. The SMILES string of the molecule is Fc1ccc([C@H](Oc2ccc(F)cc2Cl)[C@@H]2CNCCO2)cc1. The van der Waals surface area contributed by atoms with Gasteiger partial charge in [-0.05, 0) is 35.9 Å². The smallest absolute Gasteiger partial charge is 0.151 e. The minimum absolute atomic E-state index is 0.181. The summed E-state index contributed by atoms with van der Waals surface area (Å²) in [5, 5.41) is 3.42. The van der Waals surface area contributed by atoms with Gasteiger partial charge in [-0.15, -0.1) is 0 Å². The molecule has 0 amide bonds. The topological polar surface area (TPSA) is 30.5 Å². The van der Waals surface area contributed by atoms with Crippen molar-refractivity contribution in [3.63, 3.8) is 0 Å². The number of ether oxygens (including phenoxy) is 2. The Morgan fingerprint density at radius 1 is 1.13 bits per heavy atom. The number of hydrogen-bond donors (Lipinski definition) is 1. The summed E-state index contributed by atoms with van der Waals surface area (Å²) in [5.74, 6) is -0.400. The van der Waals surface area contributed by atoms with Crippen molar-refractivity contribution < 1.29 is 18.3 Å². The third-order valence-electron chi connectivity index (χ3n) is 3.64. The Balaban J connectivity index is 1.89. The highest BCUT2D eigenvalue weighted by atomic mass is 35.5. The molecule has 3 rings (SSSR count). The fraction of sp³-hybridized carbons (Fsp3) is 0.294. The van der Waals surface area contributed by atoms with Gasteiger partial charge < -0.3 is 14.8 Å². The molecule has 23 heavy (non-hydrogen) atoms. The maximum atomic E-state index is 13.2. The van der Waals surface area contributed by atoms with E-state index < -0.39 is 11.9 Å². The van der Waals surface area contributed by atoms with Crippen molar-refractivity contribution in [2.45, 2.75) is 12.2 Å². The second-order valence-electron chi connectivity index (χ2n) is 5.28. The molecule has 2 aromatic carbocycles. The Morgan fingerprint density at radius 3 is 2.52 bits per heavy atom. The molecule has 3 nitrogen and oxygen atoms in total. The van der Waals surface area contributed by atoms with Crippen LogP contribution in [0.4, 0.5) is 8.78 Å². The average molecular weight is 340 g/mol. The van der Waals surface area contributed by atoms with Crippen LogP contribution in [0.15, 0.2) is 42.5 Å². The fourth-order valence-corrected chi connectivity index (χ4v) is 2.71. The lowest BCUT2D eigenvalue weighted by Crippen LogP contribution is -2.43. The summed E-state index contributed by atoms with van der Waals surface area (Å²) in [5.41, 5.74) is 0.764. The van der Waals surface area contributed by atoms with Gasteiger partial charge in [-0.25, -0.2) is 8.78 Å². The van der Waals surface area contributed by atoms with Crippen LogP contribution in [0.25, 0.3) is 0 Å². The van der Waals surface area contributed by atoms with Crippen molar-refractivity contribution in [1.29, 1.82) is 0 Å². The van der Waals surface area contributed by atoms with Gasteiger partial charge in [-0.2, -0.15) is 0 Å². The molecule has 2 aromatic rings. The van der Waals surface area contributed by atoms with Crippen molar-refractivity contribution in [3.8, 4) is 5.75 Å². The third kappa shape index (κ3) is 3.99. The Bertz CT molecular complexity index is 660. The second kappa shape index (κ2) is 7.25. The molecule has 0 spiro atoms. The van der Waals surface area contributed by atoms with Gasteiger partial charge in [0.2, 0.25) is 0 Å². The molecule has 0 aliphatic carbocycles. The van der Waals surface area contributed by atoms with E-state index in [1.165, 1.54) is 30.3 Å². The zero-order valence-electron chi connectivity index (χ0n) is 12.3. The number of rotatable bonds is 4. The molecule has 2 atom stereocenters. The summed E-state index contributed by atoms with van der Waals surface area (Å²) in [7, 11) is 0. The number of benzene rings is 2. The van der Waals surface area contributed by atoms with Crippen molar-refractivity contribution in [3.05, 3.63) is 64.7 Å². The Hall–Kier alpha value is -1.69. The normalized spacial score (nSPS) is 19.3. The van der Waals surface area contributed by atoms with Crippen LogP contribution in [0.1, 0.15) is 11.7 Å². The highest BCUT2D eigenvalue weighted by Crippen LogP contribution is 2.32. The monoisotopic (exact) mass is 339 g/mol. The van der Waals surface area contributed by atoms with Crippen LogP contribution in [0.3, 0.4) is 0 Å². The van der Waals surface area contributed by atoms with E-state index in [0.717, 1.165) is 12.1 Å². The fourth-order valence-electron chi connectivity index (χ4n) is 2.50. The Morgan fingerprint density at radius 2 is 1.87 bits per heavy atom. The van der Waals surface area contributed by atoms with Crippen LogP contribution in [0, 0.1) is 11.6 Å². The molecule has 6 heteroatoms. The molecule has 0 saturated carbocycles. The minimum atomic E-state index is -0.480. The average Bonchev–Trinajstić information content (AvgIpc) is 2.56. The van der Waals surface area contributed by atoms with E-state index >= 15 is 0 Å². The third-order valence-corrected chi connectivity index (χ3v) is 3.94. The summed E-state index contributed by atoms with van der Waals surface area (Å²) >= 11 is 6.04. The summed E-state index contributed by atoms with van der Waals surface area (Å²) in [6.07, 6.45) is -0.735. The second-order valence-corrected chi connectivity index (χ2v) is 5.69. The molecule has 1 N–H and O–H groups in total. The summed E-state index contributed by atoms with van der Waals surface area (Å²) < 4.78 is 38.1. The Kier molecular flexibility index (Phi) is 5.10. The van der Waals surface area contributed by atoms with Crippen LogP contribution in [-0.2, 0) is 4.74 Å². The van der Waals surface area contributed by atoms with Gasteiger partial charge in [-0.1, -0.05) is 23.7 Å². The lowest BCUT2D eigenvalue weighted by molar-refractivity contribution is -0.0432. The van der Waals surface area contributed by atoms with Gasteiger partial charge in [0.25, 0.3) is 0 Å². The lowest BCUT2D eigenvalue weighted by Gasteiger charge is -2.31. The zero-order valence-corrected chi connectivity index (χ0v) is 13.0. The first kappa shape index (κ1) is 16.2. The van der Waals surface area contributed by atoms with Crippen LogP contribution < -0.4 is 10.1 Å². The van der Waals surface area contributed by atoms with E-state index in [1.807, 2.05) is 0 Å². The van der Waals surface area contributed by atoms with Crippen molar-refractivity contribution in [2.24, 2.45) is 0 Å². The van der Waals surface area contributed by atoms with Gasteiger partial charge in [0.15, 0.2) is 6.10 Å². The maximum Gasteiger partial charge on any atom is 0.151 e. The summed E-state index contributed by atoms with van der Waals surface area (Å²) in [4.78, 5) is 0. The molecule has 1 aliphatic rings. The lowest BCUT2D eigenvalue weighted by atomic mass is 10.0. The maximum absolute atomic E-state index is 13.2. The first-order chi connectivity index (χ1) is 11.1. The van der Waals surface area contributed by atoms with E-state index in [4.69, 9.17) is 21.1 Å². The highest BCUT2D eigenvalue weighted by molar-refractivity contribution is 6.32. The van der Waals surface area contributed by atoms with Crippen LogP contribution >= 0.6 is 11.6 Å². The molecule has 0 radical (unpaired) electrons. The predicted octanol–water partition coefficient (Wildman–Crippen LogP) is 3.73. The van der Waals surface area contributed by atoms with Gasteiger partial charge >= 0.3 is 0 Å². The number of hydrogen-bond acceptors (Lipinski definition) is 3. The molecule has 0 bridgehead atoms. The Labute approximate surface area is 138 Å². The highest BCUT2D eigenvalue weighted by Gasteiger charge is 2.28. The standard InChI is InChI=1S/C17H16ClF2NO2/c18-14-9-13(20)5-6-15(14)23-17(16-10-21-7-8-22-16)11-1-3-12(19)4-2-11/h1-6,9,16-17,21H,7-8,10H2/t16-,17-/m0/s1. The van der Waals surface area contributed by atoms with Crippen molar-refractivity contribution >= 4 is 11.6 Å². The van der Waals surface area contributed by atoms with Gasteiger partial charge in [-0.3, -0.25) is 0 Å².